The van der Waals surface area contributed by atoms with Crippen molar-refractivity contribution in [2.45, 2.75) is 5.16 Å². The maximum atomic E-state index is 11.2. The van der Waals surface area contributed by atoms with Gasteiger partial charge in [0.2, 0.25) is 0 Å². The van der Waals surface area contributed by atoms with E-state index < -0.39 is 0 Å². The molecular formula is C6H5N4NaOS. The van der Waals surface area contributed by atoms with E-state index >= 15 is 0 Å². The minimum absolute atomic E-state index is 0. The Balaban J connectivity index is 0.000000845. The second-order valence-corrected chi connectivity index (χ2v) is 2.87. The maximum Gasteiger partial charge on any atom is 1.00 e. The first-order valence-electron chi connectivity index (χ1n) is 3.24. The van der Waals surface area contributed by atoms with E-state index in [-0.39, 0.29) is 35.6 Å². The molecule has 5 nitrogen and oxygen atoms in total. The number of aromatic nitrogens is 4. The molecule has 0 aliphatic carbocycles. The molecule has 2 heterocycles. The van der Waals surface area contributed by atoms with Crippen molar-refractivity contribution in [3.8, 4) is 6.01 Å². The standard InChI is InChI=1S/C6H6N4OS.Na/c1-12-5-8-4-2-3-7-10(4)6(11)9-5;/h2-3H,1H3,(H,8,9,11);/q;+1/p-1. The van der Waals surface area contributed by atoms with Gasteiger partial charge in [0.15, 0.2) is 10.8 Å². The van der Waals surface area contributed by atoms with Crippen molar-refractivity contribution in [2.75, 3.05) is 6.26 Å². The SMILES string of the molecule is CSc1nc([O-])n2nccc2n1.[Na+]. The average Bonchev–Trinajstić information content (AvgIpc) is 2.52. The quantitative estimate of drug-likeness (QED) is 0.364. The number of fused-ring (bicyclic) bond motifs is 1. The summed E-state index contributed by atoms with van der Waals surface area (Å²) >= 11 is 1.34. The molecule has 0 saturated carbocycles. The fourth-order valence-corrected chi connectivity index (χ4v) is 1.23. The Bertz CT molecular complexity index is 418. The van der Waals surface area contributed by atoms with Gasteiger partial charge in [0.25, 0.3) is 0 Å². The summed E-state index contributed by atoms with van der Waals surface area (Å²) in [7, 11) is 0. The van der Waals surface area contributed by atoms with E-state index in [0.29, 0.717) is 10.8 Å². The van der Waals surface area contributed by atoms with E-state index in [1.54, 1.807) is 6.07 Å². The first kappa shape index (κ1) is 10.8. The van der Waals surface area contributed by atoms with Gasteiger partial charge in [-0.05, 0) is 6.26 Å². The third-order valence-corrected chi connectivity index (χ3v) is 1.94. The normalized spacial score (nSPS) is 9.92. The van der Waals surface area contributed by atoms with Crippen molar-refractivity contribution in [1.82, 2.24) is 19.6 Å². The minimum Gasteiger partial charge on any atom is -0.844 e. The van der Waals surface area contributed by atoms with Gasteiger partial charge >= 0.3 is 29.6 Å². The molecule has 0 bridgehead atoms. The van der Waals surface area contributed by atoms with Crippen molar-refractivity contribution in [1.29, 1.82) is 0 Å². The van der Waals surface area contributed by atoms with Crippen molar-refractivity contribution in [2.24, 2.45) is 0 Å². The van der Waals surface area contributed by atoms with E-state index in [9.17, 15) is 5.11 Å². The molecule has 2 aromatic rings. The van der Waals surface area contributed by atoms with Crippen LogP contribution in [0, 0.1) is 0 Å². The third-order valence-electron chi connectivity index (χ3n) is 1.39. The van der Waals surface area contributed by atoms with Crippen LogP contribution in [0.4, 0.5) is 0 Å². The molecule has 7 heteroatoms. The van der Waals surface area contributed by atoms with Gasteiger partial charge in [0.05, 0.1) is 12.2 Å². The number of thioether (sulfide) groups is 1. The van der Waals surface area contributed by atoms with E-state index in [0.717, 1.165) is 0 Å². The first-order valence-corrected chi connectivity index (χ1v) is 4.46. The summed E-state index contributed by atoms with van der Waals surface area (Å²) in [5.41, 5.74) is 0.541. The molecule has 0 aromatic carbocycles. The van der Waals surface area contributed by atoms with Crippen LogP contribution in [0.3, 0.4) is 0 Å². The molecule has 0 aliphatic rings. The van der Waals surface area contributed by atoms with Gasteiger partial charge < -0.3 is 5.11 Å². The van der Waals surface area contributed by atoms with Crippen molar-refractivity contribution >= 4 is 17.4 Å². The summed E-state index contributed by atoms with van der Waals surface area (Å²) in [6, 6.07) is 1.29. The predicted octanol–water partition coefficient (Wildman–Crippen LogP) is -3.08. The molecule has 0 N–H and O–H groups in total. The largest absolute Gasteiger partial charge is 1.00 e. The second-order valence-electron chi connectivity index (χ2n) is 2.09. The average molecular weight is 204 g/mol. The van der Waals surface area contributed by atoms with Gasteiger partial charge in [-0.15, -0.1) is 0 Å². The van der Waals surface area contributed by atoms with Crippen molar-refractivity contribution in [3.05, 3.63) is 12.3 Å². The Morgan fingerprint density at radius 1 is 1.46 bits per heavy atom. The van der Waals surface area contributed by atoms with Crippen LogP contribution in [-0.2, 0) is 0 Å². The number of hydrogen-bond donors (Lipinski definition) is 0. The zero-order valence-electron chi connectivity index (χ0n) is 7.26. The van der Waals surface area contributed by atoms with Crippen LogP contribution in [0.15, 0.2) is 17.4 Å². The smallest absolute Gasteiger partial charge is 0.844 e. The Morgan fingerprint density at radius 3 is 2.92 bits per heavy atom. The third kappa shape index (κ3) is 1.96. The van der Waals surface area contributed by atoms with Gasteiger partial charge in [-0.1, -0.05) is 11.8 Å². The molecule has 0 atom stereocenters. The van der Waals surface area contributed by atoms with E-state index in [1.807, 2.05) is 6.26 Å². The van der Waals surface area contributed by atoms with Crippen LogP contribution >= 0.6 is 11.8 Å². The van der Waals surface area contributed by atoms with Crippen LogP contribution in [0.25, 0.3) is 5.65 Å². The van der Waals surface area contributed by atoms with E-state index in [4.69, 9.17) is 0 Å². The monoisotopic (exact) mass is 204 g/mol. The summed E-state index contributed by atoms with van der Waals surface area (Å²) in [5, 5.41) is 15.4. The molecule has 0 spiro atoms. The molecule has 13 heavy (non-hydrogen) atoms. The van der Waals surface area contributed by atoms with E-state index in [1.165, 1.54) is 22.5 Å². The van der Waals surface area contributed by atoms with Crippen LogP contribution < -0.4 is 34.7 Å². The van der Waals surface area contributed by atoms with Gasteiger partial charge in [-0.3, -0.25) is 0 Å². The zero-order valence-corrected chi connectivity index (χ0v) is 10.1. The molecule has 2 aromatic heterocycles. The van der Waals surface area contributed by atoms with Crippen LogP contribution in [0.5, 0.6) is 6.01 Å². The van der Waals surface area contributed by atoms with Crippen molar-refractivity contribution < 1.29 is 34.7 Å². The van der Waals surface area contributed by atoms with Gasteiger partial charge in [0.1, 0.15) is 0 Å². The fraction of sp³-hybridized carbons (Fsp3) is 0.167. The second kappa shape index (κ2) is 4.28. The Morgan fingerprint density at radius 2 is 2.23 bits per heavy atom. The summed E-state index contributed by atoms with van der Waals surface area (Å²) < 4.78 is 1.17. The van der Waals surface area contributed by atoms with E-state index in [2.05, 4.69) is 15.1 Å². The van der Waals surface area contributed by atoms with Gasteiger partial charge in [-0.25, -0.2) is 14.5 Å². The molecule has 0 saturated heterocycles. The summed E-state index contributed by atoms with van der Waals surface area (Å²) in [5.74, 6) is 0. The fourth-order valence-electron chi connectivity index (χ4n) is 0.872. The molecular weight excluding hydrogens is 199 g/mol. The zero-order chi connectivity index (χ0) is 8.55. The number of hydrogen-bond acceptors (Lipinski definition) is 5. The maximum absolute atomic E-state index is 11.2. The van der Waals surface area contributed by atoms with Crippen LogP contribution in [0.2, 0.25) is 0 Å². The van der Waals surface area contributed by atoms with Gasteiger partial charge in [0, 0.05) is 6.07 Å². The van der Waals surface area contributed by atoms with Crippen LogP contribution in [0.1, 0.15) is 0 Å². The molecule has 0 aliphatic heterocycles. The molecule has 0 amide bonds. The predicted molar refractivity (Wildman–Crippen MR) is 42.0 cm³/mol. The molecule has 62 valence electrons. The Labute approximate surface area is 101 Å². The summed E-state index contributed by atoms with van der Waals surface area (Å²) in [6.45, 7) is 0. The number of rotatable bonds is 1. The topological polar surface area (TPSA) is 66.1 Å². The minimum atomic E-state index is -0.380. The molecule has 0 fully saturated rings. The van der Waals surface area contributed by atoms with Crippen LogP contribution in [-0.4, -0.2) is 25.8 Å². The summed E-state index contributed by atoms with van der Waals surface area (Å²) in [6.07, 6.45) is 3.34. The first-order chi connectivity index (χ1) is 5.81. The summed E-state index contributed by atoms with van der Waals surface area (Å²) in [4.78, 5) is 7.76. The Hall–Kier alpha value is -0.300. The molecule has 0 radical (unpaired) electrons. The molecule has 0 unspecified atom stereocenters. The number of nitrogens with zero attached hydrogens (tertiary/aromatic N) is 4. The van der Waals surface area contributed by atoms with Gasteiger partial charge in [-0.2, -0.15) is 5.10 Å². The van der Waals surface area contributed by atoms with Crippen molar-refractivity contribution in [3.63, 3.8) is 0 Å². The molecule has 2 rings (SSSR count). The Kier molecular flexibility index (Phi) is 3.55.